The summed E-state index contributed by atoms with van der Waals surface area (Å²) in [7, 11) is 0. The smallest absolute Gasteiger partial charge is 0.122 e. The predicted octanol–water partition coefficient (Wildman–Crippen LogP) is 4.19. The van der Waals surface area contributed by atoms with Gasteiger partial charge in [0.15, 0.2) is 0 Å². The van der Waals surface area contributed by atoms with Crippen LogP contribution in [0.15, 0.2) is 34.9 Å². The van der Waals surface area contributed by atoms with E-state index in [-0.39, 0.29) is 6.04 Å². The van der Waals surface area contributed by atoms with Crippen molar-refractivity contribution in [3.05, 3.63) is 51.8 Å². The molecule has 106 valence electrons. The Morgan fingerprint density at radius 3 is 2.65 bits per heavy atom. The lowest BCUT2D eigenvalue weighted by Gasteiger charge is -2.19. The fourth-order valence-electron chi connectivity index (χ4n) is 2.69. The minimum atomic E-state index is -0.633. The molecule has 1 aromatic carbocycles. The van der Waals surface area contributed by atoms with Crippen molar-refractivity contribution < 1.29 is 5.11 Å². The third-order valence-corrected chi connectivity index (χ3v) is 4.45. The first-order valence-corrected chi connectivity index (χ1v) is 7.88. The lowest BCUT2D eigenvalue weighted by Crippen LogP contribution is -2.13. The Balaban J connectivity index is 2.05. The molecule has 4 heteroatoms. The molecule has 1 unspecified atom stereocenters. The van der Waals surface area contributed by atoms with Gasteiger partial charge in [-0.15, -0.1) is 0 Å². The highest BCUT2D eigenvalue weighted by atomic mass is 79.9. The normalized spacial score (nSPS) is 16.6. The van der Waals surface area contributed by atoms with E-state index in [1.165, 1.54) is 18.4 Å². The van der Waals surface area contributed by atoms with E-state index in [4.69, 9.17) is 0 Å². The Morgan fingerprint density at radius 1 is 1.30 bits per heavy atom. The first kappa shape index (κ1) is 13.8. The van der Waals surface area contributed by atoms with Crippen LogP contribution in [-0.2, 0) is 0 Å². The van der Waals surface area contributed by atoms with Crippen LogP contribution in [0.1, 0.15) is 61.6 Å². The van der Waals surface area contributed by atoms with Gasteiger partial charge in [-0.2, -0.15) is 5.10 Å². The fourth-order valence-corrected chi connectivity index (χ4v) is 3.18. The molecule has 0 bridgehead atoms. The molecule has 2 aromatic rings. The van der Waals surface area contributed by atoms with Crippen LogP contribution in [0.3, 0.4) is 0 Å². The van der Waals surface area contributed by atoms with Crippen molar-refractivity contribution in [3.63, 3.8) is 0 Å². The van der Waals surface area contributed by atoms with Gasteiger partial charge < -0.3 is 5.11 Å². The molecule has 0 spiro atoms. The molecule has 1 fully saturated rings. The molecule has 0 saturated heterocycles. The van der Waals surface area contributed by atoms with Crippen LogP contribution in [-0.4, -0.2) is 14.9 Å². The molecule has 0 radical (unpaired) electrons. The first-order valence-electron chi connectivity index (χ1n) is 7.09. The Kier molecular flexibility index (Phi) is 3.69. The number of halogens is 1. The maximum Gasteiger partial charge on any atom is 0.122 e. The number of hydrogen-bond donors (Lipinski definition) is 1. The molecular weight excluding hydrogens is 316 g/mol. The Hall–Kier alpha value is -1.13. The van der Waals surface area contributed by atoms with Gasteiger partial charge in [0.2, 0.25) is 0 Å². The highest BCUT2D eigenvalue weighted by Gasteiger charge is 2.30. The average molecular weight is 335 g/mol. The molecule has 1 aliphatic carbocycles. The van der Waals surface area contributed by atoms with E-state index in [1.807, 2.05) is 16.8 Å². The van der Waals surface area contributed by atoms with Gasteiger partial charge in [0.25, 0.3) is 0 Å². The number of aliphatic hydroxyl groups is 1. The third kappa shape index (κ3) is 2.42. The van der Waals surface area contributed by atoms with E-state index < -0.39 is 6.10 Å². The number of aromatic nitrogens is 2. The van der Waals surface area contributed by atoms with E-state index in [9.17, 15) is 5.11 Å². The Labute approximate surface area is 127 Å². The zero-order valence-electron chi connectivity index (χ0n) is 11.8. The van der Waals surface area contributed by atoms with E-state index in [1.54, 1.807) is 6.20 Å². The van der Waals surface area contributed by atoms with Crippen molar-refractivity contribution >= 4 is 15.9 Å². The van der Waals surface area contributed by atoms with Gasteiger partial charge in [-0.1, -0.05) is 24.3 Å². The maximum atomic E-state index is 10.9. The lowest BCUT2D eigenvalue weighted by molar-refractivity contribution is 0.203. The highest BCUT2D eigenvalue weighted by molar-refractivity contribution is 9.10. The van der Waals surface area contributed by atoms with Crippen LogP contribution in [0.4, 0.5) is 0 Å². The van der Waals surface area contributed by atoms with Crippen molar-refractivity contribution in [2.45, 2.75) is 44.8 Å². The van der Waals surface area contributed by atoms with Crippen molar-refractivity contribution in [2.24, 2.45) is 0 Å². The van der Waals surface area contributed by atoms with Crippen LogP contribution >= 0.6 is 15.9 Å². The molecule has 1 N–H and O–H groups in total. The quantitative estimate of drug-likeness (QED) is 0.910. The molecule has 3 nitrogen and oxygen atoms in total. The topological polar surface area (TPSA) is 38.0 Å². The first-order chi connectivity index (χ1) is 9.59. The van der Waals surface area contributed by atoms with Crippen molar-refractivity contribution in [1.29, 1.82) is 0 Å². The number of benzene rings is 1. The summed E-state index contributed by atoms with van der Waals surface area (Å²) in [5, 5.41) is 15.2. The molecule has 1 saturated carbocycles. The fraction of sp³-hybridized carbons (Fsp3) is 0.438. The molecule has 1 aliphatic rings. The largest absolute Gasteiger partial charge is 0.382 e. The molecule has 1 aromatic heterocycles. The summed E-state index contributed by atoms with van der Waals surface area (Å²) in [6.45, 7) is 4.14. The third-order valence-electron chi connectivity index (χ3n) is 3.84. The molecule has 20 heavy (non-hydrogen) atoms. The minimum absolute atomic E-state index is 0.221. The van der Waals surface area contributed by atoms with Crippen LogP contribution in [0.5, 0.6) is 0 Å². The Bertz CT molecular complexity index is 617. The van der Waals surface area contributed by atoms with Gasteiger partial charge in [-0.05, 0) is 59.7 Å². The van der Waals surface area contributed by atoms with Gasteiger partial charge in [-0.25, -0.2) is 0 Å². The van der Waals surface area contributed by atoms with E-state index in [2.05, 4.69) is 47.0 Å². The Morgan fingerprint density at radius 2 is 2.00 bits per heavy atom. The van der Waals surface area contributed by atoms with E-state index in [0.717, 1.165) is 15.7 Å². The van der Waals surface area contributed by atoms with Crippen molar-refractivity contribution in [2.75, 3.05) is 0 Å². The van der Waals surface area contributed by atoms with E-state index in [0.29, 0.717) is 5.92 Å². The second-order valence-electron chi connectivity index (χ2n) is 5.72. The summed E-state index contributed by atoms with van der Waals surface area (Å²) >= 11 is 3.52. The summed E-state index contributed by atoms with van der Waals surface area (Å²) in [4.78, 5) is 0. The highest BCUT2D eigenvalue weighted by Crippen LogP contribution is 2.44. The van der Waals surface area contributed by atoms with E-state index >= 15 is 0 Å². The second kappa shape index (κ2) is 5.34. The summed E-state index contributed by atoms with van der Waals surface area (Å²) < 4.78 is 2.75. The van der Waals surface area contributed by atoms with Gasteiger partial charge in [0.1, 0.15) is 6.10 Å². The lowest BCUT2D eigenvalue weighted by atomic mass is 9.97. The number of rotatable bonds is 4. The molecular formula is C16H19BrN2O. The molecule has 0 amide bonds. The zero-order chi connectivity index (χ0) is 14.3. The molecule has 1 heterocycles. The number of nitrogens with zero attached hydrogens (tertiary/aromatic N) is 2. The van der Waals surface area contributed by atoms with Gasteiger partial charge in [-0.3, -0.25) is 4.68 Å². The SMILES string of the molecule is CC(C)n1ncc(Br)c1C(O)c1ccccc1C1CC1. The molecule has 0 aliphatic heterocycles. The second-order valence-corrected chi connectivity index (χ2v) is 6.58. The van der Waals surface area contributed by atoms with Crippen LogP contribution < -0.4 is 0 Å². The zero-order valence-corrected chi connectivity index (χ0v) is 13.3. The summed E-state index contributed by atoms with van der Waals surface area (Å²) in [5.41, 5.74) is 3.13. The van der Waals surface area contributed by atoms with Crippen LogP contribution in [0.25, 0.3) is 0 Å². The maximum absolute atomic E-state index is 10.9. The summed E-state index contributed by atoms with van der Waals surface area (Å²) in [6, 6.07) is 8.44. The predicted molar refractivity (Wildman–Crippen MR) is 82.8 cm³/mol. The summed E-state index contributed by atoms with van der Waals surface area (Å²) in [6.07, 6.45) is 3.59. The molecule has 3 rings (SSSR count). The summed E-state index contributed by atoms with van der Waals surface area (Å²) in [5.74, 6) is 0.620. The average Bonchev–Trinajstić information content (AvgIpc) is 3.20. The standard InChI is InChI=1S/C16H19BrN2O/c1-10(2)19-15(14(17)9-18-19)16(20)13-6-4-3-5-12(13)11-7-8-11/h3-6,9-11,16,20H,7-8H2,1-2H3. The van der Waals surface area contributed by atoms with Gasteiger partial charge in [0, 0.05) is 6.04 Å². The number of aliphatic hydroxyl groups excluding tert-OH is 1. The minimum Gasteiger partial charge on any atom is -0.382 e. The van der Waals surface area contributed by atoms with Crippen molar-refractivity contribution in [1.82, 2.24) is 9.78 Å². The van der Waals surface area contributed by atoms with Gasteiger partial charge in [0.05, 0.1) is 16.4 Å². The van der Waals surface area contributed by atoms with Gasteiger partial charge >= 0.3 is 0 Å². The molecule has 1 atom stereocenters. The van der Waals surface area contributed by atoms with Crippen LogP contribution in [0, 0.1) is 0 Å². The number of hydrogen-bond acceptors (Lipinski definition) is 2. The monoisotopic (exact) mass is 334 g/mol. The van der Waals surface area contributed by atoms with Crippen molar-refractivity contribution in [3.8, 4) is 0 Å². The van der Waals surface area contributed by atoms with Crippen LogP contribution in [0.2, 0.25) is 0 Å².